The fourth-order valence-corrected chi connectivity index (χ4v) is 1.88. The third-order valence-electron chi connectivity index (χ3n) is 2.87. The molecule has 6 heteroatoms. The molecule has 0 aliphatic carbocycles. The highest BCUT2D eigenvalue weighted by molar-refractivity contribution is 5.82. The summed E-state index contributed by atoms with van der Waals surface area (Å²) >= 11 is 0. The van der Waals surface area contributed by atoms with Gasteiger partial charge < -0.3 is 24.4 Å². The molecule has 0 aromatic rings. The molecule has 0 bridgehead atoms. The van der Waals surface area contributed by atoms with Gasteiger partial charge in [-0.2, -0.15) is 0 Å². The van der Waals surface area contributed by atoms with Crippen molar-refractivity contribution >= 4 is 5.91 Å². The normalized spacial score (nSPS) is 19.8. The molecule has 1 heterocycles. The molecule has 1 rings (SSSR count). The van der Waals surface area contributed by atoms with E-state index in [0.29, 0.717) is 39.5 Å². The van der Waals surface area contributed by atoms with E-state index >= 15 is 0 Å². The summed E-state index contributed by atoms with van der Waals surface area (Å²) < 4.78 is 15.4. The minimum Gasteiger partial charge on any atom is -0.385 e. The summed E-state index contributed by atoms with van der Waals surface area (Å²) in [6.45, 7) is 4.35. The molecule has 6 nitrogen and oxygen atoms in total. The molecule has 1 aliphatic rings. The van der Waals surface area contributed by atoms with Gasteiger partial charge in [0.25, 0.3) is 0 Å². The molecule has 18 heavy (non-hydrogen) atoms. The van der Waals surface area contributed by atoms with Crippen LogP contribution in [0.1, 0.15) is 6.42 Å². The Kier molecular flexibility index (Phi) is 7.91. The lowest BCUT2D eigenvalue weighted by molar-refractivity contribution is -0.137. The van der Waals surface area contributed by atoms with Crippen LogP contribution < -0.4 is 5.32 Å². The largest absolute Gasteiger partial charge is 0.385 e. The Balaban J connectivity index is 2.42. The first-order valence-electron chi connectivity index (χ1n) is 6.37. The molecule has 0 aromatic heterocycles. The van der Waals surface area contributed by atoms with Crippen molar-refractivity contribution < 1.29 is 19.0 Å². The van der Waals surface area contributed by atoms with Crippen LogP contribution in [-0.4, -0.2) is 77.1 Å². The Morgan fingerprint density at radius 1 is 1.33 bits per heavy atom. The van der Waals surface area contributed by atoms with Gasteiger partial charge >= 0.3 is 0 Å². The average molecular weight is 260 g/mol. The smallest absolute Gasteiger partial charge is 0.242 e. The van der Waals surface area contributed by atoms with Gasteiger partial charge in [0.05, 0.1) is 19.8 Å². The van der Waals surface area contributed by atoms with Gasteiger partial charge in [0.2, 0.25) is 5.91 Å². The molecule has 1 atom stereocenters. The quantitative estimate of drug-likeness (QED) is 0.595. The highest BCUT2D eigenvalue weighted by Crippen LogP contribution is 2.02. The Morgan fingerprint density at radius 3 is 2.72 bits per heavy atom. The SMILES string of the molecule is COCCCN(CCOC)C(=O)C1COCCN1. The van der Waals surface area contributed by atoms with E-state index < -0.39 is 0 Å². The minimum atomic E-state index is -0.224. The summed E-state index contributed by atoms with van der Waals surface area (Å²) in [7, 11) is 3.30. The standard InChI is InChI=1S/C12H24N2O4/c1-16-7-3-5-14(6-9-17-2)12(15)11-10-18-8-4-13-11/h11,13H,3-10H2,1-2H3. The molecule has 106 valence electrons. The number of methoxy groups -OCH3 is 2. The van der Waals surface area contributed by atoms with E-state index in [2.05, 4.69) is 5.32 Å². The van der Waals surface area contributed by atoms with Gasteiger partial charge in [0.15, 0.2) is 0 Å². The van der Waals surface area contributed by atoms with Gasteiger partial charge in [0.1, 0.15) is 6.04 Å². The van der Waals surface area contributed by atoms with Crippen LogP contribution in [0.4, 0.5) is 0 Å². The van der Waals surface area contributed by atoms with Crippen LogP contribution in [0.25, 0.3) is 0 Å². The number of hydrogen-bond donors (Lipinski definition) is 1. The molecule has 0 radical (unpaired) electrons. The van der Waals surface area contributed by atoms with Crippen molar-refractivity contribution in [3.05, 3.63) is 0 Å². The number of rotatable bonds is 8. The van der Waals surface area contributed by atoms with Gasteiger partial charge in [-0.3, -0.25) is 4.79 Å². The molecule has 0 spiro atoms. The highest BCUT2D eigenvalue weighted by Gasteiger charge is 2.25. The highest BCUT2D eigenvalue weighted by atomic mass is 16.5. The number of nitrogens with zero attached hydrogens (tertiary/aromatic N) is 1. The van der Waals surface area contributed by atoms with Crippen LogP contribution >= 0.6 is 0 Å². The van der Waals surface area contributed by atoms with Crippen molar-refractivity contribution in [3.8, 4) is 0 Å². The van der Waals surface area contributed by atoms with E-state index in [1.54, 1.807) is 14.2 Å². The molecule has 1 N–H and O–H groups in total. The van der Waals surface area contributed by atoms with Gasteiger partial charge in [-0.25, -0.2) is 0 Å². The second-order valence-corrected chi connectivity index (χ2v) is 4.25. The molecule has 0 aromatic carbocycles. The Bertz CT molecular complexity index is 232. The maximum Gasteiger partial charge on any atom is 0.242 e. The molecule has 1 amide bonds. The molecule has 1 unspecified atom stereocenters. The summed E-state index contributed by atoms with van der Waals surface area (Å²) in [6.07, 6.45) is 0.833. The third-order valence-corrected chi connectivity index (χ3v) is 2.87. The molecule has 1 saturated heterocycles. The lowest BCUT2D eigenvalue weighted by Crippen LogP contribution is -2.53. The van der Waals surface area contributed by atoms with Crippen molar-refractivity contribution in [2.45, 2.75) is 12.5 Å². The second-order valence-electron chi connectivity index (χ2n) is 4.25. The fraction of sp³-hybridized carbons (Fsp3) is 0.917. The third kappa shape index (κ3) is 5.30. The van der Waals surface area contributed by atoms with Crippen molar-refractivity contribution in [1.29, 1.82) is 0 Å². The zero-order chi connectivity index (χ0) is 13.2. The zero-order valence-electron chi connectivity index (χ0n) is 11.3. The number of morpholine rings is 1. The molecular formula is C12H24N2O4. The average Bonchev–Trinajstić information content (AvgIpc) is 2.43. The lowest BCUT2D eigenvalue weighted by Gasteiger charge is -2.30. The summed E-state index contributed by atoms with van der Waals surface area (Å²) in [5.74, 6) is 0.0860. The van der Waals surface area contributed by atoms with Crippen LogP contribution in [0.15, 0.2) is 0 Å². The summed E-state index contributed by atoms with van der Waals surface area (Å²) in [6, 6.07) is -0.224. The Hall–Kier alpha value is -0.690. The lowest BCUT2D eigenvalue weighted by atomic mass is 10.2. The second kappa shape index (κ2) is 9.27. The van der Waals surface area contributed by atoms with Crippen LogP contribution in [0.2, 0.25) is 0 Å². The predicted molar refractivity (Wildman–Crippen MR) is 67.6 cm³/mol. The molecule has 0 saturated carbocycles. The zero-order valence-corrected chi connectivity index (χ0v) is 11.3. The number of nitrogens with one attached hydrogen (secondary N) is 1. The van der Waals surface area contributed by atoms with Crippen LogP contribution in [0.5, 0.6) is 0 Å². The van der Waals surface area contributed by atoms with E-state index in [9.17, 15) is 4.79 Å². The van der Waals surface area contributed by atoms with E-state index in [1.165, 1.54) is 0 Å². The number of hydrogen-bond acceptors (Lipinski definition) is 5. The van der Waals surface area contributed by atoms with Crippen LogP contribution in [0.3, 0.4) is 0 Å². The number of amides is 1. The van der Waals surface area contributed by atoms with Gasteiger partial charge in [-0.05, 0) is 6.42 Å². The predicted octanol–water partition coefficient (Wildman–Crippen LogP) is -0.514. The Labute approximate surface area is 109 Å². The van der Waals surface area contributed by atoms with Crippen LogP contribution in [-0.2, 0) is 19.0 Å². The fourth-order valence-electron chi connectivity index (χ4n) is 1.88. The van der Waals surface area contributed by atoms with Gasteiger partial charge in [-0.1, -0.05) is 0 Å². The molecular weight excluding hydrogens is 236 g/mol. The van der Waals surface area contributed by atoms with E-state index in [0.717, 1.165) is 13.0 Å². The van der Waals surface area contributed by atoms with Crippen molar-refractivity contribution in [2.24, 2.45) is 0 Å². The van der Waals surface area contributed by atoms with E-state index in [-0.39, 0.29) is 11.9 Å². The first kappa shape index (κ1) is 15.4. The van der Waals surface area contributed by atoms with Crippen molar-refractivity contribution in [2.75, 3.05) is 60.3 Å². The van der Waals surface area contributed by atoms with Crippen LogP contribution in [0, 0.1) is 0 Å². The number of ether oxygens (including phenoxy) is 3. The summed E-state index contributed by atoms with van der Waals surface area (Å²) in [4.78, 5) is 14.1. The monoisotopic (exact) mass is 260 g/mol. The summed E-state index contributed by atoms with van der Waals surface area (Å²) in [5, 5.41) is 3.18. The van der Waals surface area contributed by atoms with E-state index in [1.807, 2.05) is 4.90 Å². The van der Waals surface area contributed by atoms with Crippen molar-refractivity contribution in [3.63, 3.8) is 0 Å². The maximum atomic E-state index is 12.3. The summed E-state index contributed by atoms with van der Waals surface area (Å²) in [5.41, 5.74) is 0. The number of carbonyl (C=O) groups is 1. The first-order chi connectivity index (χ1) is 8.79. The number of carbonyl (C=O) groups excluding carboxylic acids is 1. The van der Waals surface area contributed by atoms with Crippen molar-refractivity contribution in [1.82, 2.24) is 10.2 Å². The van der Waals surface area contributed by atoms with Gasteiger partial charge in [-0.15, -0.1) is 0 Å². The minimum absolute atomic E-state index is 0.0860. The molecule has 1 aliphatic heterocycles. The molecule has 1 fully saturated rings. The first-order valence-corrected chi connectivity index (χ1v) is 6.37. The Morgan fingerprint density at radius 2 is 2.11 bits per heavy atom. The topological polar surface area (TPSA) is 60.0 Å². The maximum absolute atomic E-state index is 12.3. The van der Waals surface area contributed by atoms with Gasteiger partial charge in [0, 0.05) is 40.5 Å². The van der Waals surface area contributed by atoms with E-state index in [4.69, 9.17) is 14.2 Å².